The van der Waals surface area contributed by atoms with Crippen molar-refractivity contribution in [1.29, 1.82) is 0 Å². The normalized spacial score (nSPS) is 11.5. The van der Waals surface area contributed by atoms with E-state index in [4.69, 9.17) is 0 Å². The summed E-state index contributed by atoms with van der Waals surface area (Å²) in [6.45, 7) is -0.294. The molecule has 0 unspecified atom stereocenters. The molecule has 0 aromatic heterocycles. The first-order valence-electron chi connectivity index (χ1n) is 6.76. The number of hydrogen-bond donors (Lipinski definition) is 1. The molecule has 0 aliphatic rings. The Morgan fingerprint density at radius 2 is 1.68 bits per heavy atom. The Morgan fingerprint density at radius 3 is 2.28 bits per heavy atom. The lowest BCUT2D eigenvalue weighted by Crippen LogP contribution is -2.24. The van der Waals surface area contributed by atoms with Crippen molar-refractivity contribution in [2.75, 3.05) is 6.54 Å². The Kier molecular flexibility index (Phi) is 5.66. The molecule has 0 fully saturated rings. The summed E-state index contributed by atoms with van der Waals surface area (Å²) in [6.07, 6.45) is -4.86. The number of ether oxygens (including phenoxy) is 1. The quantitative estimate of drug-likeness (QED) is 0.662. The summed E-state index contributed by atoms with van der Waals surface area (Å²) in [5.74, 6) is 3.87. The molecule has 0 amide bonds. The molecule has 4 nitrogen and oxygen atoms in total. The van der Waals surface area contributed by atoms with Gasteiger partial charge in [-0.1, -0.05) is 24.0 Å². The van der Waals surface area contributed by atoms with Crippen molar-refractivity contribution in [3.05, 3.63) is 59.9 Å². The van der Waals surface area contributed by atoms with Crippen LogP contribution >= 0.6 is 0 Å². The van der Waals surface area contributed by atoms with E-state index in [1.807, 2.05) is 0 Å². The minimum absolute atomic E-state index is 0.121. The zero-order valence-electron chi connectivity index (χ0n) is 12.5. The summed E-state index contributed by atoms with van der Waals surface area (Å²) in [4.78, 5) is -0.255. The molecule has 2 rings (SSSR count). The third-order valence-corrected chi connectivity index (χ3v) is 4.23. The van der Waals surface area contributed by atoms with Crippen LogP contribution in [0.1, 0.15) is 5.56 Å². The van der Waals surface area contributed by atoms with Gasteiger partial charge >= 0.3 is 6.36 Å². The van der Waals surface area contributed by atoms with E-state index in [-0.39, 0.29) is 17.0 Å². The predicted molar refractivity (Wildman–Crippen MR) is 81.6 cm³/mol. The molecule has 0 bridgehead atoms. The van der Waals surface area contributed by atoms with Crippen molar-refractivity contribution in [2.45, 2.75) is 11.3 Å². The molecule has 1 N–H and O–H groups in total. The second kappa shape index (κ2) is 7.55. The van der Waals surface area contributed by atoms with E-state index in [1.165, 1.54) is 18.2 Å². The molecule has 0 aliphatic heterocycles. The predicted octanol–water partition coefficient (Wildman–Crippen LogP) is 3.05. The molecular weight excluding hydrogens is 362 g/mol. The number of halogens is 4. The van der Waals surface area contributed by atoms with Crippen molar-refractivity contribution in [3.8, 4) is 17.6 Å². The fourth-order valence-electron chi connectivity index (χ4n) is 1.74. The zero-order chi connectivity index (χ0) is 18.5. The van der Waals surface area contributed by atoms with Gasteiger partial charge in [-0.15, -0.1) is 13.2 Å². The second-order valence-corrected chi connectivity index (χ2v) is 6.39. The lowest BCUT2D eigenvalue weighted by molar-refractivity contribution is -0.274. The van der Waals surface area contributed by atoms with E-state index in [9.17, 15) is 26.0 Å². The molecule has 132 valence electrons. The number of sulfonamides is 1. The minimum atomic E-state index is -4.86. The number of benzene rings is 2. The zero-order valence-corrected chi connectivity index (χ0v) is 13.3. The van der Waals surface area contributed by atoms with E-state index in [0.29, 0.717) is 0 Å². The average molecular weight is 373 g/mol. The Bertz CT molecular complexity index is 897. The molecule has 0 saturated carbocycles. The van der Waals surface area contributed by atoms with Gasteiger partial charge < -0.3 is 4.74 Å². The highest BCUT2D eigenvalue weighted by Gasteiger charge is 2.31. The van der Waals surface area contributed by atoms with Gasteiger partial charge in [0.15, 0.2) is 0 Å². The third kappa shape index (κ3) is 5.77. The monoisotopic (exact) mass is 373 g/mol. The molecule has 0 aliphatic carbocycles. The van der Waals surface area contributed by atoms with Gasteiger partial charge in [0.25, 0.3) is 0 Å². The molecule has 0 heterocycles. The van der Waals surface area contributed by atoms with Crippen LogP contribution in [0.2, 0.25) is 0 Å². The standard InChI is InChI=1S/C16H11F4NO3S/c17-15-6-2-1-4-12(15)5-3-11-21-25(22,23)14-9-7-13(8-10-14)24-16(18,19)20/h1-2,4,6-10,21H,11H2. The van der Waals surface area contributed by atoms with Gasteiger partial charge in [0.05, 0.1) is 17.0 Å². The van der Waals surface area contributed by atoms with Gasteiger partial charge in [0.1, 0.15) is 11.6 Å². The third-order valence-electron chi connectivity index (χ3n) is 2.82. The summed E-state index contributed by atoms with van der Waals surface area (Å²) < 4.78 is 79.3. The lowest BCUT2D eigenvalue weighted by atomic mass is 10.2. The van der Waals surface area contributed by atoms with E-state index in [1.54, 1.807) is 6.07 Å². The summed E-state index contributed by atoms with van der Waals surface area (Å²) in [6, 6.07) is 9.44. The van der Waals surface area contributed by atoms with Gasteiger partial charge in [-0.25, -0.2) is 12.8 Å². The number of hydrogen-bond acceptors (Lipinski definition) is 3. The van der Waals surface area contributed by atoms with Gasteiger partial charge in [-0.3, -0.25) is 0 Å². The number of nitrogens with one attached hydrogen (secondary N) is 1. The first kappa shape index (κ1) is 18.8. The smallest absolute Gasteiger partial charge is 0.406 e. The van der Waals surface area contributed by atoms with Crippen molar-refractivity contribution < 1.29 is 30.7 Å². The van der Waals surface area contributed by atoms with Crippen molar-refractivity contribution >= 4 is 10.0 Å². The van der Waals surface area contributed by atoms with Crippen LogP contribution in [0.4, 0.5) is 17.6 Å². The van der Waals surface area contributed by atoms with Crippen molar-refractivity contribution in [1.82, 2.24) is 4.72 Å². The minimum Gasteiger partial charge on any atom is -0.406 e. The van der Waals surface area contributed by atoms with Crippen LogP contribution < -0.4 is 9.46 Å². The molecule has 0 spiro atoms. The molecule has 2 aromatic carbocycles. The number of alkyl halides is 3. The average Bonchev–Trinajstić information content (AvgIpc) is 2.52. The maximum absolute atomic E-state index is 13.3. The molecule has 9 heteroatoms. The summed E-state index contributed by atoms with van der Waals surface area (Å²) >= 11 is 0. The highest BCUT2D eigenvalue weighted by molar-refractivity contribution is 7.89. The largest absolute Gasteiger partial charge is 0.573 e. The maximum Gasteiger partial charge on any atom is 0.573 e. The van der Waals surface area contributed by atoms with Crippen LogP contribution in [0.5, 0.6) is 5.75 Å². The molecular formula is C16H11F4NO3S. The Morgan fingerprint density at radius 1 is 1.04 bits per heavy atom. The lowest BCUT2D eigenvalue weighted by Gasteiger charge is -2.09. The van der Waals surface area contributed by atoms with Gasteiger partial charge in [-0.2, -0.15) is 4.72 Å². The fraction of sp³-hybridized carbons (Fsp3) is 0.125. The topological polar surface area (TPSA) is 55.4 Å². The van der Waals surface area contributed by atoms with Gasteiger partial charge in [0, 0.05) is 0 Å². The second-order valence-electron chi connectivity index (χ2n) is 4.63. The Hall–Kier alpha value is -2.57. The highest BCUT2D eigenvalue weighted by atomic mass is 32.2. The molecule has 0 saturated heterocycles. The Balaban J connectivity index is 2.01. The van der Waals surface area contributed by atoms with E-state index < -0.39 is 28.0 Å². The molecule has 25 heavy (non-hydrogen) atoms. The first-order chi connectivity index (χ1) is 11.7. The SMILES string of the molecule is O=S(=O)(NCC#Cc1ccccc1F)c1ccc(OC(F)(F)F)cc1. The molecule has 0 radical (unpaired) electrons. The van der Waals surface area contributed by atoms with E-state index >= 15 is 0 Å². The van der Waals surface area contributed by atoms with Crippen molar-refractivity contribution in [2.24, 2.45) is 0 Å². The van der Waals surface area contributed by atoms with E-state index in [2.05, 4.69) is 21.3 Å². The van der Waals surface area contributed by atoms with Gasteiger partial charge in [0.2, 0.25) is 10.0 Å². The first-order valence-corrected chi connectivity index (χ1v) is 8.24. The summed E-state index contributed by atoms with van der Waals surface area (Å²) in [5.41, 5.74) is 0.121. The molecule has 2 aromatic rings. The van der Waals surface area contributed by atoms with Crippen LogP contribution in [0.25, 0.3) is 0 Å². The van der Waals surface area contributed by atoms with Gasteiger partial charge in [-0.05, 0) is 36.4 Å². The van der Waals surface area contributed by atoms with Crippen LogP contribution in [-0.4, -0.2) is 21.3 Å². The fourth-order valence-corrected chi connectivity index (χ4v) is 2.66. The highest BCUT2D eigenvalue weighted by Crippen LogP contribution is 2.23. The number of rotatable bonds is 4. The van der Waals surface area contributed by atoms with Crippen LogP contribution in [-0.2, 0) is 10.0 Å². The van der Waals surface area contributed by atoms with Crippen LogP contribution in [0.15, 0.2) is 53.4 Å². The van der Waals surface area contributed by atoms with E-state index in [0.717, 1.165) is 24.3 Å². The maximum atomic E-state index is 13.3. The Labute approximate surface area is 141 Å². The van der Waals surface area contributed by atoms with Crippen LogP contribution in [0, 0.1) is 17.7 Å². The molecule has 0 atom stereocenters. The summed E-state index contributed by atoms with van der Waals surface area (Å²) in [5, 5.41) is 0. The van der Waals surface area contributed by atoms with Crippen LogP contribution in [0.3, 0.4) is 0 Å². The van der Waals surface area contributed by atoms with Crippen molar-refractivity contribution in [3.63, 3.8) is 0 Å². The summed E-state index contributed by atoms with van der Waals surface area (Å²) in [7, 11) is -3.97.